The summed E-state index contributed by atoms with van der Waals surface area (Å²) in [6, 6.07) is 4.97. The number of benzene rings is 2. The maximum absolute atomic E-state index is 13.5. The van der Waals surface area contributed by atoms with E-state index in [1.165, 1.54) is 0 Å². The van der Waals surface area contributed by atoms with Crippen molar-refractivity contribution in [3.63, 3.8) is 0 Å². The quantitative estimate of drug-likeness (QED) is 0.914. The van der Waals surface area contributed by atoms with Crippen LogP contribution in [-0.4, -0.2) is 17.0 Å². The van der Waals surface area contributed by atoms with E-state index < -0.39 is 34.9 Å². The highest BCUT2D eigenvalue weighted by atomic mass is 19.1. The molecule has 0 saturated carbocycles. The van der Waals surface area contributed by atoms with E-state index in [2.05, 4.69) is 5.32 Å². The molecule has 7 heteroatoms. The molecule has 2 rings (SSSR count). The van der Waals surface area contributed by atoms with Crippen LogP contribution in [0.25, 0.3) is 0 Å². The minimum Gasteiger partial charge on any atom is -0.478 e. The molecule has 2 aromatic carbocycles. The molecule has 0 aromatic heterocycles. The van der Waals surface area contributed by atoms with Gasteiger partial charge in [0.2, 0.25) is 0 Å². The molecular weight excluding hydrogens is 287 g/mol. The zero-order chi connectivity index (χ0) is 15.6. The van der Waals surface area contributed by atoms with Gasteiger partial charge in [-0.15, -0.1) is 0 Å². The second-order valence-electron chi connectivity index (χ2n) is 4.07. The van der Waals surface area contributed by atoms with Crippen molar-refractivity contribution in [3.8, 4) is 0 Å². The third kappa shape index (κ3) is 3.19. The highest BCUT2D eigenvalue weighted by Crippen LogP contribution is 2.19. The molecule has 0 spiro atoms. The van der Waals surface area contributed by atoms with Crippen LogP contribution in [0.3, 0.4) is 0 Å². The number of hydrogen-bond donors (Lipinski definition) is 2. The minimum atomic E-state index is -1.38. The molecule has 0 radical (unpaired) electrons. The Morgan fingerprint density at radius 2 is 1.48 bits per heavy atom. The van der Waals surface area contributed by atoms with Crippen molar-refractivity contribution in [3.05, 3.63) is 65.0 Å². The average Bonchev–Trinajstić information content (AvgIpc) is 2.37. The topological polar surface area (TPSA) is 66.4 Å². The molecule has 0 saturated heterocycles. The lowest BCUT2D eigenvalue weighted by Gasteiger charge is -2.09. The Labute approximate surface area is 116 Å². The van der Waals surface area contributed by atoms with Crippen molar-refractivity contribution in [1.82, 2.24) is 0 Å². The number of carboxylic acid groups (broad SMARTS) is 1. The number of amides is 1. The van der Waals surface area contributed by atoms with Gasteiger partial charge < -0.3 is 10.4 Å². The summed E-state index contributed by atoms with van der Waals surface area (Å²) in [5.41, 5.74) is -1.17. The Balaban J connectivity index is 2.35. The lowest BCUT2D eigenvalue weighted by Crippen LogP contribution is -2.16. The number of carbonyl (C=O) groups excluding carboxylic acids is 1. The molecule has 0 atom stereocenters. The molecule has 0 aliphatic carbocycles. The Bertz CT molecular complexity index is 731. The van der Waals surface area contributed by atoms with E-state index in [9.17, 15) is 22.8 Å². The predicted octanol–water partition coefficient (Wildman–Crippen LogP) is 3.05. The largest absolute Gasteiger partial charge is 0.478 e. The van der Waals surface area contributed by atoms with Gasteiger partial charge in [-0.2, -0.15) is 0 Å². The summed E-state index contributed by atoms with van der Waals surface area (Å²) < 4.78 is 39.3. The zero-order valence-electron chi connectivity index (χ0n) is 10.4. The van der Waals surface area contributed by atoms with Gasteiger partial charge in [-0.05, 0) is 30.3 Å². The van der Waals surface area contributed by atoms with E-state index in [0.29, 0.717) is 6.07 Å². The first-order valence-corrected chi connectivity index (χ1v) is 5.67. The lowest BCUT2D eigenvalue weighted by molar-refractivity contribution is 0.0698. The summed E-state index contributed by atoms with van der Waals surface area (Å²) in [5, 5.41) is 11.0. The first-order chi connectivity index (χ1) is 9.88. The molecule has 0 unspecified atom stereocenters. The van der Waals surface area contributed by atoms with Gasteiger partial charge in [-0.3, -0.25) is 4.79 Å². The van der Waals surface area contributed by atoms with Gasteiger partial charge in [0.05, 0.1) is 16.8 Å². The maximum Gasteiger partial charge on any atom is 0.337 e. The zero-order valence-corrected chi connectivity index (χ0v) is 10.4. The highest BCUT2D eigenvalue weighted by molar-refractivity contribution is 6.07. The van der Waals surface area contributed by atoms with E-state index >= 15 is 0 Å². The van der Waals surface area contributed by atoms with E-state index in [4.69, 9.17) is 5.11 Å². The molecule has 0 aliphatic heterocycles. The average molecular weight is 295 g/mol. The van der Waals surface area contributed by atoms with Crippen molar-refractivity contribution in [2.75, 3.05) is 5.32 Å². The molecule has 0 bridgehead atoms. The molecule has 0 fully saturated rings. The van der Waals surface area contributed by atoms with Crippen LogP contribution in [0.2, 0.25) is 0 Å². The summed E-state index contributed by atoms with van der Waals surface area (Å²) in [6.07, 6.45) is 0. The van der Waals surface area contributed by atoms with Crippen molar-refractivity contribution < 1.29 is 27.9 Å². The molecule has 0 aliphatic rings. The Morgan fingerprint density at radius 3 is 2.05 bits per heavy atom. The smallest absolute Gasteiger partial charge is 0.337 e. The van der Waals surface area contributed by atoms with Gasteiger partial charge in [-0.1, -0.05) is 0 Å². The van der Waals surface area contributed by atoms with Crippen LogP contribution >= 0.6 is 0 Å². The van der Waals surface area contributed by atoms with Crippen LogP contribution in [0, 0.1) is 17.5 Å². The summed E-state index contributed by atoms with van der Waals surface area (Å²) in [5.74, 6) is -5.14. The second kappa shape index (κ2) is 5.66. The third-order valence-electron chi connectivity index (χ3n) is 2.64. The molecule has 21 heavy (non-hydrogen) atoms. The van der Waals surface area contributed by atoms with Crippen LogP contribution in [0.1, 0.15) is 20.7 Å². The number of nitrogens with one attached hydrogen (secondary N) is 1. The monoisotopic (exact) mass is 295 g/mol. The summed E-state index contributed by atoms with van der Waals surface area (Å²) in [7, 11) is 0. The number of halogens is 3. The highest BCUT2D eigenvalue weighted by Gasteiger charge is 2.17. The number of carboxylic acids is 1. The van der Waals surface area contributed by atoms with E-state index in [-0.39, 0.29) is 11.3 Å². The number of aromatic carboxylic acids is 1. The first-order valence-electron chi connectivity index (χ1n) is 5.67. The van der Waals surface area contributed by atoms with E-state index in [0.717, 1.165) is 30.3 Å². The first kappa shape index (κ1) is 14.6. The van der Waals surface area contributed by atoms with Gasteiger partial charge in [0.25, 0.3) is 5.91 Å². The lowest BCUT2D eigenvalue weighted by atomic mass is 10.1. The van der Waals surface area contributed by atoms with Crippen molar-refractivity contribution in [2.24, 2.45) is 0 Å². The van der Waals surface area contributed by atoms with E-state index in [1.807, 2.05) is 0 Å². The molecular formula is C14H8F3NO3. The number of hydrogen-bond acceptors (Lipinski definition) is 2. The Morgan fingerprint density at radius 1 is 0.905 bits per heavy atom. The van der Waals surface area contributed by atoms with Crippen LogP contribution in [-0.2, 0) is 0 Å². The van der Waals surface area contributed by atoms with Crippen molar-refractivity contribution in [1.29, 1.82) is 0 Å². The van der Waals surface area contributed by atoms with Crippen LogP contribution < -0.4 is 5.32 Å². The summed E-state index contributed by atoms with van der Waals surface area (Å²) in [4.78, 5) is 22.8. The molecule has 4 nitrogen and oxygen atoms in total. The maximum atomic E-state index is 13.5. The van der Waals surface area contributed by atoms with Gasteiger partial charge in [-0.25, -0.2) is 18.0 Å². The normalized spacial score (nSPS) is 10.2. The fourth-order valence-electron chi connectivity index (χ4n) is 1.67. The van der Waals surface area contributed by atoms with Crippen LogP contribution in [0.5, 0.6) is 0 Å². The van der Waals surface area contributed by atoms with Gasteiger partial charge >= 0.3 is 5.97 Å². The molecule has 1 amide bonds. The summed E-state index contributed by atoms with van der Waals surface area (Å²) >= 11 is 0. The Hall–Kier alpha value is -2.83. The van der Waals surface area contributed by atoms with Crippen molar-refractivity contribution in [2.45, 2.75) is 0 Å². The van der Waals surface area contributed by atoms with Gasteiger partial charge in [0.15, 0.2) is 0 Å². The van der Waals surface area contributed by atoms with E-state index in [1.54, 1.807) is 0 Å². The molecule has 2 N–H and O–H groups in total. The molecule has 2 aromatic rings. The number of carbonyl (C=O) groups is 2. The third-order valence-corrected chi connectivity index (χ3v) is 2.64. The van der Waals surface area contributed by atoms with Gasteiger partial charge in [0.1, 0.15) is 17.5 Å². The van der Waals surface area contributed by atoms with Crippen LogP contribution in [0.15, 0.2) is 36.4 Å². The van der Waals surface area contributed by atoms with Crippen molar-refractivity contribution >= 4 is 17.6 Å². The summed E-state index contributed by atoms with van der Waals surface area (Å²) in [6.45, 7) is 0. The standard InChI is InChI=1S/C14H8F3NO3/c15-7-1-3-9(11(17)5-7)13(19)18-12-6-8(16)2-4-10(12)14(20)21/h1-6H,(H,18,19)(H,20,21). The fourth-order valence-corrected chi connectivity index (χ4v) is 1.67. The Kier molecular flexibility index (Phi) is 3.93. The molecule has 0 heterocycles. The number of rotatable bonds is 3. The van der Waals surface area contributed by atoms with Crippen LogP contribution in [0.4, 0.5) is 18.9 Å². The molecule has 108 valence electrons. The minimum absolute atomic E-state index is 0.323. The fraction of sp³-hybridized carbons (Fsp3) is 0. The SMILES string of the molecule is O=C(Nc1cc(F)ccc1C(=O)O)c1ccc(F)cc1F. The predicted molar refractivity (Wildman–Crippen MR) is 67.7 cm³/mol. The van der Waals surface area contributed by atoms with Gasteiger partial charge in [0, 0.05) is 6.07 Å². The second-order valence-corrected chi connectivity index (χ2v) is 4.07. The number of anilines is 1.